The van der Waals surface area contributed by atoms with Crippen LogP contribution < -0.4 is 11.3 Å². The first-order valence-electron chi connectivity index (χ1n) is 6.58. The van der Waals surface area contributed by atoms with Gasteiger partial charge in [-0.1, -0.05) is 12.2 Å². The molecule has 0 saturated heterocycles. The van der Waals surface area contributed by atoms with E-state index in [9.17, 15) is 9.59 Å². The molecular weight excluding hydrogens is 274 g/mol. The normalized spacial score (nSPS) is 21.0. The van der Waals surface area contributed by atoms with Crippen LogP contribution in [0.5, 0.6) is 0 Å². The maximum atomic E-state index is 11.7. The van der Waals surface area contributed by atoms with Gasteiger partial charge in [-0.2, -0.15) is 4.98 Å². The number of nitrogens with zero attached hydrogens (tertiary/aromatic N) is 3. The van der Waals surface area contributed by atoms with Gasteiger partial charge in [-0.05, 0) is 6.42 Å². The molecule has 2 heterocycles. The van der Waals surface area contributed by atoms with E-state index in [1.807, 2.05) is 16.7 Å². The molecule has 0 bridgehead atoms. The highest BCUT2D eigenvalue weighted by atomic mass is 16.5. The number of imidazole rings is 1. The lowest BCUT2D eigenvalue weighted by Gasteiger charge is -2.13. The molecule has 2 unspecified atom stereocenters. The van der Waals surface area contributed by atoms with Crippen molar-refractivity contribution in [2.24, 2.45) is 5.92 Å². The molecule has 8 nitrogen and oxygen atoms in total. The zero-order valence-electron chi connectivity index (χ0n) is 11.4. The fourth-order valence-corrected chi connectivity index (χ4v) is 2.49. The van der Waals surface area contributed by atoms with Gasteiger partial charge in [-0.25, -0.2) is 4.98 Å². The number of anilines is 1. The lowest BCUT2D eigenvalue weighted by atomic mass is 10.1. The number of nitrogens with one attached hydrogen (secondary N) is 1. The Morgan fingerprint density at radius 2 is 2.38 bits per heavy atom. The molecule has 2 atom stereocenters. The fraction of sp³-hybridized carbons (Fsp3) is 0.385. The van der Waals surface area contributed by atoms with Gasteiger partial charge in [-0.15, -0.1) is 0 Å². The number of carbonyl (C=O) groups is 1. The third-order valence-corrected chi connectivity index (χ3v) is 3.46. The molecular formula is C13H15N5O3. The van der Waals surface area contributed by atoms with Gasteiger partial charge in [-0.3, -0.25) is 14.6 Å². The van der Waals surface area contributed by atoms with Crippen LogP contribution in [0.25, 0.3) is 11.2 Å². The predicted octanol–water partition coefficient (Wildman–Crippen LogP) is 0.382. The minimum Gasteiger partial charge on any atom is -0.465 e. The summed E-state index contributed by atoms with van der Waals surface area (Å²) in [5.41, 5.74) is 5.95. The molecule has 110 valence electrons. The Balaban J connectivity index is 1.85. The molecule has 0 radical (unpaired) electrons. The highest BCUT2D eigenvalue weighted by Gasteiger charge is 2.23. The van der Waals surface area contributed by atoms with E-state index in [-0.39, 0.29) is 35.0 Å². The smallest absolute Gasteiger partial charge is 0.302 e. The van der Waals surface area contributed by atoms with Crippen LogP contribution in [0.3, 0.4) is 0 Å². The van der Waals surface area contributed by atoms with Crippen molar-refractivity contribution in [2.75, 3.05) is 12.3 Å². The monoisotopic (exact) mass is 289 g/mol. The van der Waals surface area contributed by atoms with E-state index in [2.05, 4.69) is 15.0 Å². The van der Waals surface area contributed by atoms with Crippen molar-refractivity contribution in [1.82, 2.24) is 19.5 Å². The molecule has 2 aromatic rings. The number of esters is 1. The van der Waals surface area contributed by atoms with E-state index in [1.165, 1.54) is 6.92 Å². The zero-order valence-corrected chi connectivity index (χ0v) is 11.4. The Morgan fingerprint density at radius 3 is 3.14 bits per heavy atom. The van der Waals surface area contributed by atoms with E-state index in [1.54, 1.807) is 6.33 Å². The summed E-state index contributed by atoms with van der Waals surface area (Å²) in [6.07, 6.45) is 6.33. The van der Waals surface area contributed by atoms with Crippen molar-refractivity contribution in [3.05, 3.63) is 28.8 Å². The van der Waals surface area contributed by atoms with Gasteiger partial charge in [0.05, 0.1) is 19.0 Å². The van der Waals surface area contributed by atoms with Crippen molar-refractivity contribution < 1.29 is 9.53 Å². The molecule has 0 aliphatic heterocycles. The van der Waals surface area contributed by atoms with E-state index in [0.717, 1.165) is 6.42 Å². The van der Waals surface area contributed by atoms with Gasteiger partial charge in [0.2, 0.25) is 5.95 Å². The van der Waals surface area contributed by atoms with Crippen LogP contribution in [0, 0.1) is 5.92 Å². The zero-order chi connectivity index (χ0) is 15.0. The lowest BCUT2D eigenvalue weighted by Crippen LogP contribution is -2.14. The number of aromatic amines is 1. The third kappa shape index (κ3) is 2.51. The maximum Gasteiger partial charge on any atom is 0.302 e. The minimum absolute atomic E-state index is 0.0178. The molecule has 1 aliphatic carbocycles. The average Bonchev–Trinajstić information content (AvgIpc) is 3.02. The van der Waals surface area contributed by atoms with Crippen LogP contribution >= 0.6 is 0 Å². The van der Waals surface area contributed by atoms with Crippen LogP contribution in [0.1, 0.15) is 19.4 Å². The minimum atomic E-state index is -0.352. The molecule has 3 rings (SSSR count). The predicted molar refractivity (Wildman–Crippen MR) is 75.5 cm³/mol. The van der Waals surface area contributed by atoms with Gasteiger partial charge in [0.25, 0.3) is 5.56 Å². The molecule has 0 aromatic carbocycles. The van der Waals surface area contributed by atoms with E-state index < -0.39 is 0 Å². The topological polar surface area (TPSA) is 116 Å². The first-order chi connectivity index (χ1) is 10.0. The summed E-state index contributed by atoms with van der Waals surface area (Å²) in [6, 6.07) is 0.0178. The second kappa shape index (κ2) is 5.04. The highest BCUT2D eigenvalue weighted by Crippen LogP contribution is 2.29. The Kier molecular flexibility index (Phi) is 3.20. The van der Waals surface area contributed by atoms with E-state index in [0.29, 0.717) is 12.3 Å². The largest absolute Gasteiger partial charge is 0.465 e. The number of nitrogens with two attached hydrogens (primary N) is 1. The maximum absolute atomic E-state index is 11.7. The Hall–Kier alpha value is -2.64. The SMILES string of the molecule is CC(=O)OCC1C=CC(n2cnc3c(=O)[nH]c(N)nc32)C1. The molecule has 0 saturated carbocycles. The number of hydrogen-bond acceptors (Lipinski definition) is 6. The van der Waals surface area contributed by atoms with Crippen molar-refractivity contribution >= 4 is 23.1 Å². The van der Waals surface area contributed by atoms with Crippen molar-refractivity contribution in [3.63, 3.8) is 0 Å². The summed E-state index contributed by atoms with van der Waals surface area (Å²) in [7, 11) is 0. The summed E-state index contributed by atoms with van der Waals surface area (Å²) in [5.74, 6) is -0.0794. The average molecular weight is 289 g/mol. The van der Waals surface area contributed by atoms with E-state index >= 15 is 0 Å². The van der Waals surface area contributed by atoms with Crippen LogP contribution in [-0.2, 0) is 9.53 Å². The second-order valence-corrected chi connectivity index (χ2v) is 5.03. The Bertz CT molecular complexity index is 776. The van der Waals surface area contributed by atoms with Crippen LogP contribution in [0.2, 0.25) is 0 Å². The van der Waals surface area contributed by atoms with Gasteiger partial charge >= 0.3 is 5.97 Å². The van der Waals surface area contributed by atoms with Gasteiger partial charge in [0.15, 0.2) is 11.2 Å². The summed E-state index contributed by atoms with van der Waals surface area (Å²) in [6.45, 7) is 1.74. The number of nitrogen functional groups attached to an aromatic ring is 1. The summed E-state index contributed by atoms with van der Waals surface area (Å²) in [4.78, 5) is 33.2. The summed E-state index contributed by atoms with van der Waals surface area (Å²) >= 11 is 0. The fourth-order valence-electron chi connectivity index (χ4n) is 2.49. The van der Waals surface area contributed by atoms with Crippen molar-refractivity contribution in [2.45, 2.75) is 19.4 Å². The Labute approximate surface area is 119 Å². The third-order valence-electron chi connectivity index (χ3n) is 3.46. The van der Waals surface area contributed by atoms with Crippen molar-refractivity contribution in [3.8, 4) is 0 Å². The first-order valence-corrected chi connectivity index (χ1v) is 6.58. The highest BCUT2D eigenvalue weighted by molar-refractivity contribution is 5.70. The second-order valence-electron chi connectivity index (χ2n) is 5.03. The molecule has 0 spiro atoms. The molecule has 3 N–H and O–H groups in total. The number of hydrogen-bond donors (Lipinski definition) is 2. The number of ether oxygens (including phenoxy) is 1. The van der Waals surface area contributed by atoms with Crippen LogP contribution in [0.4, 0.5) is 5.95 Å². The van der Waals surface area contributed by atoms with Gasteiger partial charge < -0.3 is 15.0 Å². The standard InChI is InChI=1S/C13H15N5O3/c1-7(19)21-5-8-2-3-9(4-8)18-6-15-10-11(18)16-13(14)17-12(10)20/h2-3,6,8-9H,4-5H2,1H3,(H3,14,16,17,20). The molecule has 1 aliphatic rings. The lowest BCUT2D eigenvalue weighted by molar-refractivity contribution is -0.141. The summed E-state index contributed by atoms with van der Waals surface area (Å²) in [5, 5.41) is 0. The number of rotatable bonds is 3. The van der Waals surface area contributed by atoms with Crippen LogP contribution in [-0.4, -0.2) is 32.1 Å². The number of aromatic nitrogens is 4. The van der Waals surface area contributed by atoms with Crippen molar-refractivity contribution in [1.29, 1.82) is 0 Å². The summed E-state index contributed by atoms with van der Waals surface area (Å²) < 4.78 is 6.82. The molecule has 0 fully saturated rings. The number of carbonyl (C=O) groups excluding carboxylic acids is 1. The number of H-pyrrole nitrogens is 1. The number of fused-ring (bicyclic) bond motifs is 1. The van der Waals surface area contributed by atoms with Gasteiger partial charge in [0, 0.05) is 12.8 Å². The molecule has 2 aromatic heterocycles. The first kappa shape index (κ1) is 13.3. The van der Waals surface area contributed by atoms with Gasteiger partial charge in [0.1, 0.15) is 0 Å². The molecule has 8 heteroatoms. The van der Waals surface area contributed by atoms with E-state index in [4.69, 9.17) is 10.5 Å². The Morgan fingerprint density at radius 1 is 1.57 bits per heavy atom. The molecule has 0 amide bonds. The molecule has 21 heavy (non-hydrogen) atoms. The number of allylic oxidation sites excluding steroid dienone is 1. The quantitative estimate of drug-likeness (QED) is 0.623. The van der Waals surface area contributed by atoms with Crippen LogP contribution in [0.15, 0.2) is 23.3 Å².